The molecule has 1 N–H and O–H groups in total. The molecule has 4 heterocycles. The number of ether oxygens (including phenoxy) is 2. The number of rotatable bonds is 7. The quantitative estimate of drug-likeness (QED) is 0.483. The maximum atomic E-state index is 12.6. The lowest BCUT2D eigenvalue weighted by atomic mass is 10.1. The number of aromatic nitrogens is 5. The van der Waals surface area contributed by atoms with Crippen molar-refractivity contribution >= 4 is 5.52 Å². The van der Waals surface area contributed by atoms with Crippen molar-refractivity contribution in [2.75, 3.05) is 7.11 Å². The van der Waals surface area contributed by atoms with Gasteiger partial charge in [0.25, 0.3) is 0 Å². The van der Waals surface area contributed by atoms with Crippen LogP contribution in [0, 0.1) is 0 Å². The summed E-state index contributed by atoms with van der Waals surface area (Å²) >= 11 is 0. The van der Waals surface area contributed by atoms with Crippen molar-refractivity contribution in [3.63, 3.8) is 0 Å². The van der Waals surface area contributed by atoms with Crippen molar-refractivity contribution < 1.29 is 23.4 Å². The van der Waals surface area contributed by atoms with E-state index in [2.05, 4.69) is 19.9 Å². The molecule has 4 aromatic rings. The molecule has 0 aromatic carbocycles. The van der Waals surface area contributed by atoms with Crippen LogP contribution in [0.1, 0.15) is 13.8 Å². The molecular weight excluding hydrogens is 408 g/mol. The van der Waals surface area contributed by atoms with Crippen molar-refractivity contribution in [2.45, 2.75) is 32.6 Å². The van der Waals surface area contributed by atoms with Crippen LogP contribution in [0.4, 0.5) is 8.78 Å². The average molecular weight is 429 g/mol. The van der Waals surface area contributed by atoms with Gasteiger partial charge in [0.05, 0.1) is 37.2 Å². The molecule has 8 nitrogen and oxygen atoms in total. The fraction of sp³-hybridized carbons (Fsp3) is 0.286. The summed E-state index contributed by atoms with van der Waals surface area (Å²) in [6.07, 6.45) is 7.06. The maximum absolute atomic E-state index is 12.6. The van der Waals surface area contributed by atoms with Gasteiger partial charge < -0.3 is 14.6 Å². The Morgan fingerprint density at radius 2 is 1.81 bits per heavy atom. The number of hydrogen-bond acceptors (Lipinski definition) is 6. The fourth-order valence-electron chi connectivity index (χ4n) is 3.27. The first kappa shape index (κ1) is 20.7. The third kappa shape index (κ3) is 4.64. The maximum Gasteiger partial charge on any atom is 0.388 e. The number of aliphatic hydroxyl groups is 1. The van der Waals surface area contributed by atoms with E-state index in [0.717, 1.165) is 16.6 Å². The minimum atomic E-state index is -2.99. The van der Waals surface area contributed by atoms with Crippen molar-refractivity contribution in [2.24, 2.45) is 0 Å². The monoisotopic (exact) mass is 429 g/mol. The predicted octanol–water partition coefficient (Wildman–Crippen LogP) is 3.64. The van der Waals surface area contributed by atoms with Gasteiger partial charge in [-0.1, -0.05) is 6.07 Å². The molecule has 0 bridgehead atoms. The molecule has 0 aliphatic heterocycles. The van der Waals surface area contributed by atoms with Crippen LogP contribution in [0.15, 0.2) is 49.1 Å². The Labute approximate surface area is 176 Å². The summed E-state index contributed by atoms with van der Waals surface area (Å²) in [5, 5.41) is 18.7. The van der Waals surface area contributed by atoms with E-state index < -0.39 is 12.2 Å². The Morgan fingerprint density at radius 1 is 1.03 bits per heavy atom. The van der Waals surface area contributed by atoms with Crippen LogP contribution in [-0.2, 0) is 6.54 Å². The lowest BCUT2D eigenvalue weighted by molar-refractivity contribution is -0.0530. The van der Waals surface area contributed by atoms with Gasteiger partial charge >= 0.3 is 6.61 Å². The molecule has 0 atom stereocenters. The van der Waals surface area contributed by atoms with E-state index in [4.69, 9.17) is 4.74 Å². The summed E-state index contributed by atoms with van der Waals surface area (Å²) in [6.45, 7) is 0.819. The number of nitrogens with zero attached hydrogens (tertiary/aromatic N) is 5. The fourth-order valence-corrected chi connectivity index (χ4v) is 3.27. The van der Waals surface area contributed by atoms with Crippen LogP contribution >= 0.6 is 0 Å². The van der Waals surface area contributed by atoms with Gasteiger partial charge in [-0.2, -0.15) is 24.0 Å². The zero-order chi connectivity index (χ0) is 22.2. The van der Waals surface area contributed by atoms with Gasteiger partial charge in [-0.25, -0.2) is 4.52 Å². The van der Waals surface area contributed by atoms with Crippen LogP contribution in [0.2, 0.25) is 0 Å². The van der Waals surface area contributed by atoms with Gasteiger partial charge in [-0.15, -0.1) is 0 Å². The molecule has 0 saturated heterocycles. The highest BCUT2D eigenvalue weighted by Crippen LogP contribution is 2.31. The van der Waals surface area contributed by atoms with Crippen molar-refractivity contribution in [1.82, 2.24) is 24.4 Å². The molecule has 4 aromatic heterocycles. The summed E-state index contributed by atoms with van der Waals surface area (Å²) in [7, 11) is 1.40. The van der Waals surface area contributed by atoms with Crippen LogP contribution < -0.4 is 9.47 Å². The minimum Gasteiger partial charge on any atom is -0.481 e. The summed E-state index contributed by atoms with van der Waals surface area (Å²) in [5.74, 6) is -0.0807. The zero-order valence-corrected chi connectivity index (χ0v) is 17.2. The van der Waals surface area contributed by atoms with Gasteiger partial charge in [0.1, 0.15) is 0 Å². The highest BCUT2D eigenvalue weighted by molar-refractivity contribution is 5.81. The van der Waals surface area contributed by atoms with Crippen molar-refractivity contribution in [3.8, 4) is 34.0 Å². The molecule has 10 heteroatoms. The molecule has 31 heavy (non-hydrogen) atoms. The van der Waals surface area contributed by atoms with E-state index in [0.29, 0.717) is 17.7 Å². The second-order valence-electron chi connectivity index (χ2n) is 7.66. The standard InChI is InChI=1S/C21H21F2N5O3/c1-21(2,29)12-27-10-15(8-24-27)13-4-5-17-16(9-25-28(17)11-13)14-6-18(30-3)26-19(7-14)31-20(22)23/h4-11,20,29H,12H2,1-3H3. The number of pyridine rings is 2. The van der Waals surface area contributed by atoms with Crippen LogP contribution in [0.3, 0.4) is 0 Å². The highest BCUT2D eigenvalue weighted by atomic mass is 19.3. The van der Waals surface area contributed by atoms with E-state index in [1.807, 2.05) is 24.5 Å². The Hall–Kier alpha value is -3.53. The first-order valence-corrected chi connectivity index (χ1v) is 9.46. The number of fused-ring (bicyclic) bond motifs is 1. The molecule has 0 aliphatic rings. The van der Waals surface area contributed by atoms with Crippen LogP contribution in [0.5, 0.6) is 11.8 Å². The molecule has 0 aliphatic carbocycles. The van der Waals surface area contributed by atoms with Gasteiger partial charge in [-0.05, 0) is 25.5 Å². The zero-order valence-electron chi connectivity index (χ0n) is 17.2. The SMILES string of the molecule is COc1cc(-c2cnn3cc(-c4cnn(CC(C)(C)O)c4)ccc23)cc(OC(F)F)n1. The normalized spacial score (nSPS) is 12.0. The topological polar surface area (TPSA) is 86.7 Å². The van der Waals surface area contributed by atoms with E-state index in [-0.39, 0.29) is 11.8 Å². The Kier molecular flexibility index (Phi) is 5.32. The summed E-state index contributed by atoms with van der Waals surface area (Å²) in [6, 6.07) is 6.84. The lowest BCUT2D eigenvalue weighted by Crippen LogP contribution is -2.26. The summed E-state index contributed by atoms with van der Waals surface area (Å²) in [5.41, 5.74) is 2.96. The van der Waals surface area contributed by atoms with Gasteiger partial charge in [0, 0.05) is 41.2 Å². The Balaban J connectivity index is 1.69. The second kappa shape index (κ2) is 7.95. The molecule has 162 valence electrons. The third-order valence-corrected chi connectivity index (χ3v) is 4.54. The van der Waals surface area contributed by atoms with Crippen LogP contribution in [-0.4, -0.2) is 48.8 Å². The molecule has 0 spiro atoms. The van der Waals surface area contributed by atoms with Crippen molar-refractivity contribution in [1.29, 1.82) is 0 Å². The first-order valence-electron chi connectivity index (χ1n) is 9.46. The third-order valence-electron chi connectivity index (χ3n) is 4.54. The average Bonchev–Trinajstić information content (AvgIpc) is 3.32. The number of alkyl halides is 2. The molecule has 0 fully saturated rings. The second-order valence-corrected chi connectivity index (χ2v) is 7.66. The number of halogens is 2. The molecule has 0 saturated carbocycles. The van der Waals surface area contributed by atoms with E-state index in [1.54, 1.807) is 41.5 Å². The highest BCUT2D eigenvalue weighted by Gasteiger charge is 2.16. The minimum absolute atomic E-state index is 0.156. The first-order chi connectivity index (χ1) is 14.7. The molecule has 0 radical (unpaired) electrons. The van der Waals surface area contributed by atoms with E-state index >= 15 is 0 Å². The van der Waals surface area contributed by atoms with Gasteiger partial charge in [0.15, 0.2) is 0 Å². The molecule has 4 rings (SSSR count). The Morgan fingerprint density at radius 3 is 2.52 bits per heavy atom. The van der Waals surface area contributed by atoms with E-state index in [1.165, 1.54) is 13.2 Å². The number of hydrogen-bond donors (Lipinski definition) is 1. The lowest BCUT2D eigenvalue weighted by Gasteiger charge is -2.16. The van der Waals surface area contributed by atoms with Gasteiger partial charge in [0.2, 0.25) is 11.8 Å². The van der Waals surface area contributed by atoms with E-state index in [9.17, 15) is 13.9 Å². The van der Waals surface area contributed by atoms with Crippen molar-refractivity contribution in [3.05, 3.63) is 49.1 Å². The number of methoxy groups -OCH3 is 1. The molecular formula is C21H21F2N5O3. The van der Waals surface area contributed by atoms with Crippen LogP contribution in [0.25, 0.3) is 27.8 Å². The smallest absolute Gasteiger partial charge is 0.388 e. The predicted molar refractivity (Wildman–Crippen MR) is 109 cm³/mol. The largest absolute Gasteiger partial charge is 0.481 e. The van der Waals surface area contributed by atoms with Gasteiger partial charge in [-0.3, -0.25) is 4.68 Å². The molecule has 0 amide bonds. The summed E-state index contributed by atoms with van der Waals surface area (Å²) in [4.78, 5) is 3.88. The molecule has 0 unspecified atom stereocenters. The summed E-state index contributed by atoms with van der Waals surface area (Å²) < 4.78 is 38.2. The Bertz CT molecular complexity index is 1210.